The molecule has 9 nitrogen and oxygen atoms in total. The van der Waals surface area contributed by atoms with E-state index in [0.717, 1.165) is 22.3 Å². The summed E-state index contributed by atoms with van der Waals surface area (Å²) in [5, 5.41) is 18.4. The van der Waals surface area contributed by atoms with Crippen LogP contribution in [-0.4, -0.2) is 46.0 Å². The maximum absolute atomic E-state index is 12.4. The number of carboxylic acids is 1. The molecule has 0 saturated heterocycles. The zero-order valence-electron chi connectivity index (χ0n) is 18.3. The first-order chi connectivity index (χ1) is 16.5. The van der Waals surface area contributed by atoms with E-state index in [1.54, 1.807) is 0 Å². The van der Waals surface area contributed by atoms with Crippen molar-refractivity contribution in [2.75, 3.05) is 18.5 Å². The number of nitrogens with zero attached hydrogens (tertiary/aromatic N) is 2. The van der Waals surface area contributed by atoms with Gasteiger partial charge in [-0.25, -0.2) is 4.79 Å². The molecule has 3 aromatic rings. The van der Waals surface area contributed by atoms with Crippen LogP contribution >= 0.6 is 0 Å². The van der Waals surface area contributed by atoms with Gasteiger partial charge in [0.05, 0.1) is 17.8 Å². The maximum atomic E-state index is 12.4. The molecule has 0 radical (unpaired) electrons. The Morgan fingerprint density at radius 3 is 2.38 bits per heavy atom. The standard InChI is InChI=1S/C25H24N4O5/c30-23(26-10-15-9-21(15)24(31)32)13-29-12-16(11-27-29)28-25(33)34-14-22-19-7-3-1-5-17(19)18-6-2-4-8-20(18)22/h1-8,11-12,15,21-22H,9-10,13-14H2,(H,26,30)(H,28,33)(H,31,32). The second kappa shape index (κ2) is 9.01. The minimum atomic E-state index is -0.824. The zero-order chi connectivity index (χ0) is 23.7. The van der Waals surface area contributed by atoms with Crippen molar-refractivity contribution in [3.8, 4) is 11.1 Å². The van der Waals surface area contributed by atoms with E-state index in [-0.39, 0.29) is 36.8 Å². The minimum absolute atomic E-state index is 0.00938. The number of rotatable bonds is 8. The van der Waals surface area contributed by atoms with Crippen LogP contribution in [0.4, 0.5) is 10.5 Å². The molecule has 2 amide bonds. The molecule has 5 rings (SSSR count). The Bertz CT molecular complexity index is 1210. The molecule has 0 spiro atoms. The van der Waals surface area contributed by atoms with E-state index in [0.29, 0.717) is 18.7 Å². The monoisotopic (exact) mass is 460 g/mol. The summed E-state index contributed by atoms with van der Waals surface area (Å²) in [5.41, 5.74) is 5.00. The average molecular weight is 460 g/mol. The number of benzene rings is 2. The molecular formula is C25H24N4O5. The fourth-order valence-electron chi connectivity index (χ4n) is 4.49. The molecule has 1 aromatic heterocycles. The van der Waals surface area contributed by atoms with Gasteiger partial charge in [-0.1, -0.05) is 48.5 Å². The molecule has 1 heterocycles. The van der Waals surface area contributed by atoms with Gasteiger partial charge in [0.25, 0.3) is 0 Å². The first-order valence-corrected chi connectivity index (χ1v) is 11.1. The second-order valence-corrected chi connectivity index (χ2v) is 8.62. The van der Waals surface area contributed by atoms with Crippen LogP contribution in [0, 0.1) is 11.8 Å². The number of nitrogens with one attached hydrogen (secondary N) is 2. The number of anilines is 1. The lowest BCUT2D eigenvalue weighted by atomic mass is 9.98. The molecule has 2 aliphatic rings. The number of ether oxygens (including phenoxy) is 1. The van der Waals surface area contributed by atoms with Crippen LogP contribution < -0.4 is 10.6 Å². The number of hydrogen-bond acceptors (Lipinski definition) is 5. The van der Waals surface area contributed by atoms with Gasteiger partial charge in [-0.15, -0.1) is 0 Å². The Hall–Kier alpha value is -4.14. The summed E-state index contributed by atoms with van der Waals surface area (Å²) >= 11 is 0. The van der Waals surface area contributed by atoms with Crippen molar-refractivity contribution in [2.24, 2.45) is 11.8 Å². The molecule has 1 saturated carbocycles. The van der Waals surface area contributed by atoms with Crippen LogP contribution in [-0.2, 0) is 20.9 Å². The Balaban J connectivity index is 1.12. The zero-order valence-corrected chi connectivity index (χ0v) is 18.3. The summed E-state index contributed by atoms with van der Waals surface area (Å²) in [4.78, 5) is 35.3. The number of hydrogen-bond donors (Lipinski definition) is 3. The Morgan fingerprint density at radius 2 is 1.74 bits per heavy atom. The van der Waals surface area contributed by atoms with E-state index in [2.05, 4.69) is 40.0 Å². The summed E-state index contributed by atoms with van der Waals surface area (Å²) in [7, 11) is 0. The predicted molar refractivity (Wildman–Crippen MR) is 123 cm³/mol. The van der Waals surface area contributed by atoms with Crippen LogP contribution in [0.5, 0.6) is 0 Å². The van der Waals surface area contributed by atoms with Gasteiger partial charge in [-0.05, 0) is 34.6 Å². The van der Waals surface area contributed by atoms with Gasteiger partial charge in [0, 0.05) is 18.7 Å². The van der Waals surface area contributed by atoms with Gasteiger partial charge in [0.1, 0.15) is 13.2 Å². The number of carboxylic acid groups (broad SMARTS) is 1. The average Bonchev–Trinajstić information content (AvgIpc) is 3.39. The van der Waals surface area contributed by atoms with Crippen LogP contribution in [0.15, 0.2) is 60.9 Å². The lowest BCUT2D eigenvalue weighted by Crippen LogP contribution is -2.30. The molecule has 174 valence electrons. The highest BCUT2D eigenvalue weighted by atomic mass is 16.5. The van der Waals surface area contributed by atoms with Gasteiger partial charge in [-0.3, -0.25) is 19.6 Å². The van der Waals surface area contributed by atoms with E-state index in [4.69, 9.17) is 9.84 Å². The lowest BCUT2D eigenvalue weighted by molar-refractivity contribution is -0.139. The summed E-state index contributed by atoms with van der Waals surface area (Å²) in [5.74, 6) is -1.50. The number of amides is 2. The topological polar surface area (TPSA) is 123 Å². The molecule has 9 heteroatoms. The highest BCUT2D eigenvalue weighted by Gasteiger charge is 2.43. The summed E-state index contributed by atoms with van der Waals surface area (Å²) in [6.07, 6.45) is 2.97. The number of aromatic nitrogens is 2. The fraction of sp³-hybridized carbons (Fsp3) is 0.280. The highest BCUT2D eigenvalue weighted by molar-refractivity contribution is 5.85. The van der Waals surface area contributed by atoms with Gasteiger partial charge in [0.15, 0.2) is 0 Å². The fourth-order valence-corrected chi connectivity index (χ4v) is 4.49. The van der Waals surface area contributed by atoms with Crippen molar-refractivity contribution in [2.45, 2.75) is 18.9 Å². The molecule has 2 unspecified atom stereocenters. The van der Waals surface area contributed by atoms with Gasteiger partial charge < -0.3 is 15.2 Å². The summed E-state index contributed by atoms with van der Waals surface area (Å²) < 4.78 is 6.92. The Labute approximate surface area is 195 Å². The van der Waals surface area contributed by atoms with Crippen molar-refractivity contribution in [1.82, 2.24) is 15.1 Å². The highest BCUT2D eigenvalue weighted by Crippen LogP contribution is 2.44. The molecule has 1 fully saturated rings. The van der Waals surface area contributed by atoms with Crippen molar-refractivity contribution < 1.29 is 24.2 Å². The molecular weight excluding hydrogens is 436 g/mol. The lowest BCUT2D eigenvalue weighted by Gasteiger charge is -2.14. The quantitative estimate of drug-likeness (QED) is 0.475. The molecule has 2 aromatic carbocycles. The van der Waals surface area contributed by atoms with Gasteiger partial charge >= 0.3 is 12.1 Å². The molecule has 2 atom stereocenters. The van der Waals surface area contributed by atoms with Crippen LogP contribution in [0.3, 0.4) is 0 Å². The van der Waals surface area contributed by atoms with E-state index < -0.39 is 12.1 Å². The van der Waals surface area contributed by atoms with Gasteiger partial charge in [-0.2, -0.15) is 5.10 Å². The van der Waals surface area contributed by atoms with Crippen LogP contribution in [0.1, 0.15) is 23.5 Å². The largest absolute Gasteiger partial charge is 0.481 e. The summed E-state index contributed by atoms with van der Waals surface area (Å²) in [6.45, 7) is 0.508. The summed E-state index contributed by atoms with van der Waals surface area (Å²) in [6, 6.07) is 16.2. The molecule has 0 bridgehead atoms. The molecule has 0 aliphatic heterocycles. The normalized spacial score (nSPS) is 18.0. The molecule has 3 N–H and O–H groups in total. The number of fused-ring (bicyclic) bond motifs is 3. The second-order valence-electron chi connectivity index (χ2n) is 8.62. The molecule has 2 aliphatic carbocycles. The van der Waals surface area contributed by atoms with Gasteiger partial charge in [0.2, 0.25) is 5.91 Å². The predicted octanol–water partition coefficient (Wildman–Crippen LogP) is 3.08. The minimum Gasteiger partial charge on any atom is -0.481 e. The van der Waals surface area contributed by atoms with E-state index >= 15 is 0 Å². The first-order valence-electron chi connectivity index (χ1n) is 11.1. The Morgan fingerprint density at radius 1 is 1.06 bits per heavy atom. The van der Waals surface area contributed by atoms with Crippen LogP contribution in [0.25, 0.3) is 11.1 Å². The first kappa shape index (κ1) is 21.7. The number of carbonyl (C=O) groups is 3. The SMILES string of the molecule is O=C(Cn1cc(NC(=O)OCC2c3ccccc3-c3ccccc32)cn1)NCC1CC1C(=O)O. The smallest absolute Gasteiger partial charge is 0.411 e. The van der Waals surface area contributed by atoms with E-state index in [1.165, 1.54) is 17.1 Å². The third-order valence-corrected chi connectivity index (χ3v) is 6.33. The van der Waals surface area contributed by atoms with E-state index in [9.17, 15) is 14.4 Å². The third-order valence-electron chi connectivity index (χ3n) is 6.33. The number of aliphatic carboxylic acids is 1. The van der Waals surface area contributed by atoms with Crippen molar-refractivity contribution in [3.63, 3.8) is 0 Å². The Kier molecular flexibility index (Phi) is 5.75. The van der Waals surface area contributed by atoms with Crippen molar-refractivity contribution in [1.29, 1.82) is 0 Å². The van der Waals surface area contributed by atoms with Crippen molar-refractivity contribution >= 4 is 23.7 Å². The number of carbonyl (C=O) groups excluding carboxylic acids is 2. The van der Waals surface area contributed by atoms with Crippen molar-refractivity contribution in [3.05, 3.63) is 72.1 Å². The van der Waals surface area contributed by atoms with E-state index in [1.807, 2.05) is 24.3 Å². The maximum Gasteiger partial charge on any atom is 0.411 e. The molecule has 34 heavy (non-hydrogen) atoms. The van der Waals surface area contributed by atoms with Crippen LogP contribution in [0.2, 0.25) is 0 Å². The third kappa shape index (κ3) is 4.50.